The molecular formula is C23H20Br2O3. The van der Waals surface area contributed by atoms with Crippen LogP contribution < -0.4 is 9.47 Å². The molecule has 0 amide bonds. The molecule has 0 atom stereocenters. The third-order valence-corrected chi connectivity index (χ3v) is 5.40. The number of benzene rings is 3. The lowest BCUT2D eigenvalue weighted by molar-refractivity contribution is 0.0733. The first kappa shape index (κ1) is 20.6. The quantitative estimate of drug-likeness (QED) is 0.193. The van der Waals surface area contributed by atoms with Crippen LogP contribution in [0, 0.1) is 0 Å². The highest BCUT2D eigenvalue weighted by Crippen LogP contribution is 2.32. The van der Waals surface area contributed by atoms with E-state index in [1.807, 2.05) is 42.5 Å². The zero-order valence-electron chi connectivity index (χ0n) is 15.5. The monoisotopic (exact) mass is 502 g/mol. The van der Waals surface area contributed by atoms with Gasteiger partial charge in [0.05, 0.1) is 21.1 Å². The molecule has 0 unspecified atom stereocenters. The Balaban J connectivity index is 1.71. The van der Waals surface area contributed by atoms with Gasteiger partial charge in [-0.3, -0.25) is 0 Å². The summed E-state index contributed by atoms with van der Waals surface area (Å²) in [5.74, 6) is 0.774. The predicted octanol–water partition coefficient (Wildman–Crippen LogP) is 7.28. The van der Waals surface area contributed by atoms with E-state index in [1.165, 1.54) is 0 Å². The molecule has 0 radical (unpaired) electrons. The van der Waals surface area contributed by atoms with Gasteiger partial charge in [-0.25, -0.2) is 4.79 Å². The van der Waals surface area contributed by atoms with Crippen LogP contribution in [0.1, 0.15) is 30.1 Å². The number of hydrogen-bond donors (Lipinski definition) is 0. The van der Waals surface area contributed by atoms with Gasteiger partial charge in [0.25, 0.3) is 0 Å². The van der Waals surface area contributed by atoms with Gasteiger partial charge in [-0.15, -0.1) is 0 Å². The molecule has 0 aliphatic carbocycles. The molecule has 3 aromatic rings. The number of ether oxygens (including phenoxy) is 2. The van der Waals surface area contributed by atoms with Crippen LogP contribution in [-0.2, 0) is 0 Å². The number of unbranched alkanes of at least 4 members (excludes halogenated alkanes) is 1. The first-order chi connectivity index (χ1) is 13.6. The van der Waals surface area contributed by atoms with E-state index in [1.54, 1.807) is 24.3 Å². The summed E-state index contributed by atoms with van der Waals surface area (Å²) in [5, 5.41) is 0. The Kier molecular flexibility index (Phi) is 7.29. The molecule has 3 rings (SSSR count). The number of carbonyl (C=O) groups excluding carboxylic acids is 1. The van der Waals surface area contributed by atoms with Crippen molar-refractivity contribution in [3.8, 4) is 22.6 Å². The summed E-state index contributed by atoms with van der Waals surface area (Å²) in [6.45, 7) is 2.77. The summed E-state index contributed by atoms with van der Waals surface area (Å²) in [6, 6.07) is 20.9. The molecule has 3 nitrogen and oxygen atoms in total. The van der Waals surface area contributed by atoms with Gasteiger partial charge in [0.15, 0.2) is 0 Å². The first-order valence-corrected chi connectivity index (χ1v) is 10.7. The SMILES string of the molecule is CCCCOc1ccc(C(=O)Oc2ccc(-c3ccccc3)cc2Br)cc1Br. The standard InChI is InChI=1S/C23H20Br2O3/c1-2-3-13-27-21-11-10-18(15-19(21)24)23(26)28-22-12-9-17(14-20(22)25)16-7-5-4-6-8-16/h4-12,14-15H,2-3,13H2,1H3. The van der Waals surface area contributed by atoms with Crippen LogP contribution in [0.5, 0.6) is 11.5 Å². The minimum Gasteiger partial charge on any atom is -0.492 e. The fourth-order valence-electron chi connectivity index (χ4n) is 2.62. The van der Waals surface area contributed by atoms with Crippen molar-refractivity contribution in [3.63, 3.8) is 0 Å². The maximum absolute atomic E-state index is 12.5. The average Bonchev–Trinajstić information content (AvgIpc) is 2.71. The van der Waals surface area contributed by atoms with E-state index >= 15 is 0 Å². The molecule has 0 aliphatic heterocycles. The van der Waals surface area contributed by atoms with Gasteiger partial charge in [-0.1, -0.05) is 49.7 Å². The fraction of sp³-hybridized carbons (Fsp3) is 0.174. The van der Waals surface area contributed by atoms with Crippen molar-refractivity contribution >= 4 is 37.8 Å². The summed E-state index contributed by atoms with van der Waals surface area (Å²) < 4.78 is 12.7. The zero-order valence-corrected chi connectivity index (χ0v) is 18.6. The molecule has 144 valence electrons. The van der Waals surface area contributed by atoms with Crippen LogP contribution in [0.15, 0.2) is 75.7 Å². The van der Waals surface area contributed by atoms with Crippen LogP contribution in [0.3, 0.4) is 0 Å². The number of esters is 1. The largest absolute Gasteiger partial charge is 0.492 e. The number of halogens is 2. The number of carbonyl (C=O) groups is 1. The lowest BCUT2D eigenvalue weighted by Crippen LogP contribution is -2.09. The summed E-state index contributed by atoms with van der Waals surface area (Å²) in [6.07, 6.45) is 2.06. The minimum atomic E-state index is -0.422. The molecule has 0 aliphatic rings. The minimum absolute atomic E-state index is 0.422. The zero-order chi connectivity index (χ0) is 19.9. The second-order valence-corrected chi connectivity index (χ2v) is 7.96. The molecular weight excluding hydrogens is 484 g/mol. The highest BCUT2D eigenvalue weighted by atomic mass is 79.9. The normalized spacial score (nSPS) is 10.5. The molecule has 0 fully saturated rings. The molecule has 0 heterocycles. The van der Waals surface area contributed by atoms with Crippen molar-refractivity contribution in [2.24, 2.45) is 0 Å². The van der Waals surface area contributed by atoms with Crippen LogP contribution >= 0.6 is 31.9 Å². The third-order valence-electron chi connectivity index (χ3n) is 4.16. The maximum atomic E-state index is 12.5. The van der Waals surface area contributed by atoms with Crippen molar-refractivity contribution in [1.82, 2.24) is 0 Å². The summed E-state index contributed by atoms with van der Waals surface area (Å²) in [4.78, 5) is 12.5. The molecule has 28 heavy (non-hydrogen) atoms. The highest BCUT2D eigenvalue weighted by Gasteiger charge is 2.14. The second-order valence-electron chi connectivity index (χ2n) is 6.25. The molecule has 3 aromatic carbocycles. The lowest BCUT2D eigenvalue weighted by atomic mass is 10.1. The smallest absolute Gasteiger partial charge is 0.343 e. The van der Waals surface area contributed by atoms with Gasteiger partial charge < -0.3 is 9.47 Å². The molecule has 0 N–H and O–H groups in total. The van der Waals surface area contributed by atoms with E-state index in [9.17, 15) is 4.79 Å². The molecule has 5 heteroatoms. The number of rotatable bonds is 7. The Morgan fingerprint density at radius 2 is 1.57 bits per heavy atom. The van der Waals surface area contributed by atoms with Gasteiger partial charge in [0.1, 0.15) is 11.5 Å². The maximum Gasteiger partial charge on any atom is 0.343 e. The van der Waals surface area contributed by atoms with Crippen molar-refractivity contribution in [1.29, 1.82) is 0 Å². The van der Waals surface area contributed by atoms with E-state index in [-0.39, 0.29) is 0 Å². The van der Waals surface area contributed by atoms with E-state index in [0.717, 1.165) is 38.7 Å². The molecule has 0 spiro atoms. The second kappa shape index (κ2) is 9.89. The lowest BCUT2D eigenvalue weighted by Gasteiger charge is -2.11. The highest BCUT2D eigenvalue weighted by molar-refractivity contribution is 9.10. The van der Waals surface area contributed by atoms with E-state index in [0.29, 0.717) is 17.9 Å². The van der Waals surface area contributed by atoms with Crippen molar-refractivity contribution < 1.29 is 14.3 Å². The predicted molar refractivity (Wildman–Crippen MR) is 119 cm³/mol. The molecule has 0 saturated heterocycles. The Bertz CT molecular complexity index is 955. The number of hydrogen-bond acceptors (Lipinski definition) is 3. The van der Waals surface area contributed by atoms with Crippen LogP contribution in [0.25, 0.3) is 11.1 Å². The third kappa shape index (κ3) is 5.24. The fourth-order valence-corrected chi connectivity index (χ4v) is 3.58. The first-order valence-electron chi connectivity index (χ1n) is 9.08. The Hall–Kier alpha value is -2.11. The van der Waals surface area contributed by atoms with E-state index in [2.05, 4.69) is 38.8 Å². The van der Waals surface area contributed by atoms with Crippen molar-refractivity contribution in [2.75, 3.05) is 6.61 Å². The topological polar surface area (TPSA) is 35.5 Å². The van der Waals surface area contributed by atoms with Gasteiger partial charge in [-0.2, -0.15) is 0 Å². The van der Waals surface area contributed by atoms with E-state index in [4.69, 9.17) is 9.47 Å². The van der Waals surface area contributed by atoms with E-state index < -0.39 is 5.97 Å². The van der Waals surface area contributed by atoms with Crippen LogP contribution in [0.2, 0.25) is 0 Å². The Morgan fingerprint density at radius 3 is 2.25 bits per heavy atom. The summed E-state index contributed by atoms with van der Waals surface area (Å²) in [7, 11) is 0. The van der Waals surface area contributed by atoms with Gasteiger partial charge in [0.2, 0.25) is 0 Å². The molecule has 0 bridgehead atoms. The summed E-state index contributed by atoms with van der Waals surface area (Å²) in [5.41, 5.74) is 2.60. The average molecular weight is 504 g/mol. The molecule has 0 saturated carbocycles. The Labute approximate surface area is 181 Å². The summed E-state index contributed by atoms with van der Waals surface area (Å²) >= 11 is 6.96. The van der Waals surface area contributed by atoms with Crippen LogP contribution in [-0.4, -0.2) is 12.6 Å². The van der Waals surface area contributed by atoms with Gasteiger partial charge in [0, 0.05) is 0 Å². The van der Waals surface area contributed by atoms with Crippen LogP contribution in [0.4, 0.5) is 0 Å². The molecule has 0 aromatic heterocycles. The Morgan fingerprint density at radius 1 is 0.857 bits per heavy atom. The van der Waals surface area contributed by atoms with Gasteiger partial charge >= 0.3 is 5.97 Å². The van der Waals surface area contributed by atoms with Crippen molar-refractivity contribution in [3.05, 3.63) is 81.2 Å². The van der Waals surface area contributed by atoms with Gasteiger partial charge in [-0.05, 0) is 79.7 Å². The van der Waals surface area contributed by atoms with Crippen molar-refractivity contribution in [2.45, 2.75) is 19.8 Å².